The summed E-state index contributed by atoms with van der Waals surface area (Å²) in [6.45, 7) is 0. The van der Waals surface area contributed by atoms with Crippen LogP contribution in [0.3, 0.4) is 0 Å². The Labute approximate surface area is 141 Å². The monoisotopic (exact) mass is 350 g/mol. The molecular formula is C17H19FN2O3S. The van der Waals surface area contributed by atoms with Crippen molar-refractivity contribution in [2.24, 2.45) is 0 Å². The Morgan fingerprint density at radius 3 is 2.42 bits per heavy atom. The predicted octanol–water partition coefficient (Wildman–Crippen LogP) is 2.65. The molecule has 5 nitrogen and oxygen atoms in total. The van der Waals surface area contributed by atoms with E-state index in [4.69, 9.17) is 0 Å². The zero-order valence-electron chi connectivity index (χ0n) is 13.5. The Balaban J connectivity index is 2.00. The second kappa shape index (κ2) is 7.55. The normalized spacial score (nSPS) is 11.5. The van der Waals surface area contributed by atoms with E-state index in [2.05, 4.69) is 5.32 Å². The van der Waals surface area contributed by atoms with Crippen LogP contribution >= 0.6 is 0 Å². The average Bonchev–Trinajstić information content (AvgIpc) is 2.54. The Morgan fingerprint density at radius 1 is 1.12 bits per heavy atom. The number of sulfonamides is 1. The number of amides is 1. The largest absolute Gasteiger partial charge is 0.326 e. The lowest BCUT2D eigenvalue weighted by Crippen LogP contribution is -2.22. The molecule has 0 spiro atoms. The van der Waals surface area contributed by atoms with Crippen molar-refractivity contribution in [2.45, 2.75) is 17.7 Å². The number of anilines is 1. The fourth-order valence-electron chi connectivity index (χ4n) is 2.08. The smallest absolute Gasteiger partial charge is 0.242 e. The van der Waals surface area contributed by atoms with E-state index in [0.29, 0.717) is 12.1 Å². The highest BCUT2D eigenvalue weighted by molar-refractivity contribution is 7.89. The maximum Gasteiger partial charge on any atom is 0.242 e. The van der Waals surface area contributed by atoms with Gasteiger partial charge in [0.25, 0.3) is 0 Å². The van der Waals surface area contributed by atoms with E-state index in [0.717, 1.165) is 9.87 Å². The quantitative estimate of drug-likeness (QED) is 0.871. The van der Waals surface area contributed by atoms with Crippen LogP contribution in [0.25, 0.3) is 0 Å². The number of aryl methyl sites for hydroxylation is 1. The molecule has 0 aliphatic heterocycles. The van der Waals surface area contributed by atoms with E-state index in [1.54, 1.807) is 24.3 Å². The summed E-state index contributed by atoms with van der Waals surface area (Å²) in [7, 11) is -0.653. The van der Waals surface area contributed by atoms with Crippen LogP contribution in [0.2, 0.25) is 0 Å². The van der Waals surface area contributed by atoms with Gasteiger partial charge in [-0.05, 0) is 42.3 Å². The van der Waals surface area contributed by atoms with Crippen molar-refractivity contribution in [2.75, 3.05) is 19.4 Å². The van der Waals surface area contributed by atoms with Gasteiger partial charge in [-0.25, -0.2) is 17.1 Å². The molecule has 1 amide bonds. The van der Waals surface area contributed by atoms with Gasteiger partial charge in [0, 0.05) is 26.2 Å². The fraction of sp³-hybridized carbons (Fsp3) is 0.235. The molecule has 0 heterocycles. The van der Waals surface area contributed by atoms with Crippen molar-refractivity contribution in [1.29, 1.82) is 0 Å². The first-order valence-corrected chi connectivity index (χ1v) is 8.80. The molecule has 0 aliphatic rings. The molecule has 0 unspecified atom stereocenters. The summed E-state index contributed by atoms with van der Waals surface area (Å²) in [5.74, 6) is -0.555. The number of benzene rings is 2. The molecule has 0 aliphatic carbocycles. The Morgan fingerprint density at radius 2 is 1.79 bits per heavy atom. The number of nitrogens with one attached hydrogen (secondary N) is 1. The highest BCUT2D eigenvalue weighted by Gasteiger charge is 2.17. The Bertz CT molecular complexity index is 818. The predicted molar refractivity (Wildman–Crippen MR) is 90.7 cm³/mol. The van der Waals surface area contributed by atoms with Crippen molar-refractivity contribution in [1.82, 2.24) is 4.31 Å². The van der Waals surface area contributed by atoms with E-state index < -0.39 is 10.0 Å². The summed E-state index contributed by atoms with van der Waals surface area (Å²) >= 11 is 0. The zero-order chi connectivity index (χ0) is 17.7. The van der Waals surface area contributed by atoms with E-state index in [9.17, 15) is 17.6 Å². The molecule has 0 fully saturated rings. The van der Waals surface area contributed by atoms with Gasteiger partial charge < -0.3 is 5.32 Å². The number of hydrogen-bond acceptors (Lipinski definition) is 3. The van der Waals surface area contributed by atoms with Crippen LogP contribution in [0, 0.1) is 5.82 Å². The molecule has 1 N–H and O–H groups in total. The van der Waals surface area contributed by atoms with Crippen LogP contribution in [0.15, 0.2) is 53.4 Å². The van der Waals surface area contributed by atoms with Gasteiger partial charge in [0.15, 0.2) is 0 Å². The summed E-state index contributed by atoms with van der Waals surface area (Å²) in [6.07, 6.45) is 0.693. The van der Waals surface area contributed by atoms with Gasteiger partial charge in [-0.2, -0.15) is 0 Å². The van der Waals surface area contributed by atoms with Gasteiger partial charge in [-0.3, -0.25) is 4.79 Å². The number of carbonyl (C=O) groups is 1. The third-order valence-electron chi connectivity index (χ3n) is 3.45. The molecule has 2 rings (SSSR count). The highest BCUT2D eigenvalue weighted by atomic mass is 32.2. The summed E-state index contributed by atoms with van der Waals surface area (Å²) in [5, 5.41) is 2.68. The molecule has 0 radical (unpaired) electrons. The van der Waals surface area contributed by atoms with Crippen molar-refractivity contribution >= 4 is 21.6 Å². The molecule has 7 heteroatoms. The first-order chi connectivity index (χ1) is 11.3. The van der Waals surface area contributed by atoms with Gasteiger partial charge in [-0.15, -0.1) is 0 Å². The first kappa shape index (κ1) is 18.1. The lowest BCUT2D eigenvalue weighted by molar-refractivity contribution is -0.116. The fourth-order valence-corrected chi connectivity index (χ4v) is 3.03. The van der Waals surface area contributed by atoms with Crippen LogP contribution in [0.4, 0.5) is 10.1 Å². The van der Waals surface area contributed by atoms with Gasteiger partial charge >= 0.3 is 0 Å². The number of halogens is 1. The van der Waals surface area contributed by atoms with E-state index in [-0.39, 0.29) is 23.0 Å². The van der Waals surface area contributed by atoms with Crippen molar-refractivity contribution in [3.63, 3.8) is 0 Å². The molecule has 0 atom stereocenters. The van der Waals surface area contributed by atoms with E-state index >= 15 is 0 Å². The topological polar surface area (TPSA) is 66.5 Å². The SMILES string of the molecule is CN(C)S(=O)(=O)c1cccc(NC(=O)CCc2ccc(F)cc2)c1. The van der Waals surface area contributed by atoms with Crippen LogP contribution in [-0.4, -0.2) is 32.7 Å². The molecule has 2 aromatic carbocycles. The van der Waals surface area contributed by atoms with Crippen molar-refractivity contribution in [3.05, 3.63) is 59.9 Å². The van der Waals surface area contributed by atoms with Gasteiger partial charge in [-0.1, -0.05) is 18.2 Å². The molecule has 2 aromatic rings. The first-order valence-electron chi connectivity index (χ1n) is 7.36. The lowest BCUT2D eigenvalue weighted by atomic mass is 10.1. The van der Waals surface area contributed by atoms with Crippen LogP contribution < -0.4 is 5.32 Å². The molecular weight excluding hydrogens is 331 g/mol. The van der Waals surface area contributed by atoms with E-state index in [1.807, 2.05) is 0 Å². The minimum absolute atomic E-state index is 0.115. The summed E-state index contributed by atoms with van der Waals surface area (Å²) in [6, 6.07) is 12.1. The number of carbonyl (C=O) groups excluding carboxylic acids is 1. The van der Waals surface area contributed by atoms with Crippen LogP contribution in [-0.2, 0) is 21.2 Å². The highest BCUT2D eigenvalue weighted by Crippen LogP contribution is 2.18. The second-order valence-corrected chi connectivity index (χ2v) is 7.64. The van der Waals surface area contributed by atoms with Gasteiger partial charge in [0.2, 0.25) is 15.9 Å². The molecule has 0 aromatic heterocycles. The third kappa shape index (κ3) is 4.62. The minimum atomic E-state index is -3.55. The Hall–Kier alpha value is -2.25. The van der Waals surface area contributed by atoms with E-state index in [1.165, 1.54) is 38.4 Å². The summed E-state index contributed by atoms with van der Waals surface area (Å²) in [4.78, 5) is 12.1. The van der Waals surface area contributed by atoms with Gasteiger partial charge in [0.05, 0.1) is 4.90 Å². The molecule has 128 valence electrons. The van der Waals surface area contributed by atoms with Crippen molar-refractivity contribution < 1.29 is 17.6 Å². The second-order valence-electron chi connectivity index (χ2n) is 5.49. The molecule has 0 bridgehead atoms. The zero-order valence-corrected chi connectivity index (χ0v) is 14.3. The molecule has 24 heavy (non-hydrogen) atoms. The van der Waals surface area contributed by atoms with Gasteiger partial charge in [0.1, 0.15) is 5.82 Å². The standard InChI is InChI=1S/C17H19FN2O3S/c1-20(2)24(22,23)16-5-3-4-15(12-16)19-17(21)11-8-13-6-9-14(18)10-7-13/h3-7,9-10,12H,8,11H2,1-2H3,(H,19,21). The Kier molecular flexibility index (Phi) is 5.69. The molecule has 0 saturated heterocycles. The number of hydrogen-bond donors (Lipinski definition) is 1. The van der Waals surface area contributed by atoms with Crippen molar-refractivity contribution in [3.8, 4) is 0 Å². The van der Waals surface area contributed by atoms with Crippen LogP contribution in [0.1, 0.15) is 12.0 Å². The number of rotatable bonds is 6. The van der Waals surface area contributed by atoms with Crippen LogP contribution in [0.5, 0.6) is 0 Å². The summed E-state index contributed by atoms with van der Waals surface area (Å²) in [5.41, 5.74) is 1.28. The minimum Gasteiger partial charge on any atom is -0.326 e. The third-order valence-corrected chi connectivity index (χ3v) is 5.26. The maximum atomic E-state index is 12.8. The summed E-state index contributed by atoms with van der Waals surface area (Å²) < 4.78 is 38.1. The number of nitrogens with zero attached hydrogens (tertiary/aromatic N) is 1. The average molecular weight is 350 g/mol. The lowest BCUT2D eigenvalue weighted by Gasteiger charge is -2.12. The maximum absolute atomic E-state index is 12.8. The molecule has 0 saturated carbocycles.